The lowest BCUT2D eigenvalue weighted by Crippen LogP contribution is -2.66. The number of benzene rings is 2. The summed E-state index contributed by atoms with van der Waals surface area (Å²) in [5, 5.41) is 12.6. The fourth-order valence-corrected chi connectivity index (χ4v) is 6.43. The lowest BCUT2D eigenvalue weighted by atomic mass is 9.77. The SMILES string of the molecule is O=C(c1cccc(N2CC3(COC3)C2)c1Cl)N1CCN2C[C@](O)(c3ccc(Cl)cc3)CCC2C1. The lowest BCUT2D eigenvalue weighted by Gasteiger charge is -2.56. The minimum Gasteiger partial charge on any atom is -0.384 e. The van der Waals surface area contributed by atoms with Crippen molar-refractivity contribution in [2.45, 2.75) is 24.5 Å². The zero-order chi connectivity index (χ0) is 23.5. The molecule has 4 saturated heterocycles. The van der Waals surface area contributed by atoms with Crippen molar-refractivity contribution < 1.29 is 14.6 Å². The number of piperidine rings is 1. The van der Waals surface area contributed by atoms with Crippen molar-refractivity contribution >= 4 is 34.8 Å². The second-order valence-electron chi connectivity index (χ2n) is 10.4. The van der Waals surface area contributed by atoms with Crippen LogP contribution in [-0.4, -0.2) is 79.3 Å². The van der Waals surface area contributed by atoms with E-state index in [1.54, 1.807) is 0 Å². The number of ether oxygens (including phenoxy) is 1. The number of rotatable bonds is 3. The van der Waals surface area contributed by atoms with Gasteiger partial charge in [-0.3, -0.25) is 9.69 Å². The number of carbonyl (C=O) groups is 1. The monoisotopic (exact) mass is 501 g/mol. The van der Waals surface area contributed by atoms with Crippen molar-refractivity contribution in [1.82, 2.24) is 9.80 Å². The highest BCUT2D eigenvalue weighted by molar-refractivity contribution is 6.36. The van der Waals surface area contributed by atoms with Gasteiger partial charge in [-0.05, 0) is 42.7 Å². The first kappa shape index (κ1) is 22.6. The third-order valence-electron chi connectivity index (χ3n) is 8.05. The van der Waals surface area contributed by atoms with Gasteiger partial charge in [0.25, 0.3) is 5.91 Å². The molecule has 0 saturated carbocycles. The molecule has 4 aliphatic heterocycles. The molecule has 0 radical (unpaired) electrons. The molecule has 1 spiro atoms. The average Bonchev–Trinajstić information content (AvgIpc) is 2.78. The molecule has 0 aliphatic carbocycles. The van der Waals surface area contributed by atoms with Crippen LogP contribution in [0.4, 0.5) is 5.69 Å². The van der Waals surface area contributed by atoms with E-state index >= 15 is 0 Å². The second-order valence-corrected chi connectivity index (χ2v) is 11.3. The highest BCUT2D eigenvalue weighted by Gasteiger charge is 2.49. The van der Waals surface area contributed by atoms with Gasteiger partial charge in [0.05, 0.1) is 34.9 Å². The smallest absolute Gasteiger partial charge is 0.255 e. The highest BCUT2D eigenvalue weighted by Crippen LogP contribution is 2.43. The molecule has 4 fully saturated rings. The molecule has 2 aromatic carbocycles. The van der Waals surface area contributed by atoms with Crippen LogP contribution in [0.1, 0.15) is 28.8 Å². The number of halogens is 2. The van der Waals surface area contributed by atoms with Crippen LogP contribution in [0.5, 0.6) is 0 Å². The van der Waals surface area contributed by atoms with Crippen LogP contribution >= 0.6 is 23.2 Å². The molecule has 1 unspecified atom stereocenters. The quantitative estimate of drug-likeness (QED) is 0.695. The number of anilines is 1. The van der Waals surface area contributed by atoms with Gasteiger partial charge in [0.2, 0.25) is 0 Å². The Morgan fingerprint density at radius 1 is 1.03 bits per heavy atom. The Balaban J connectivity index is 1.13. The van der Waals surface area contributed by atoms with E-state index in [4.69, 9.17) is 27.9 Å². The molecule has 2 aromatic rings. The van der Waals surface area contributed by atoms with Gasteiger partial charge in [-0.25, -0.2) is 0 Å². The van der Waals surface area contributed by atoms with Gasteiger partial charge in [-0.1, -0.05) is 41.4 Å². The summed E-state index contributed by atoms with van der Waals surface area (Å²) in [6.07, 6.45) is 1.49. The number of carbonyl (C=O) groups excluding carboxylic acids is 1. The van der Waals surface area contributed by atoms with Crippen LogP contribution in [0.3, 0.4) is 0 Å². The molecule has 180 valence electrons. The van der Waals surface area contributed by atoms with Crippen molar-refractivity contribution in [3.63, 3.8) is 0 Å². The molecule has 1 N–H and O–H groups in total. The summed E-state index contributed by atoms with van der Waals surface area (Å²) >= 11 is 12.8. The molecule has 4 aliphatic rings. The first-order chi connectivity index (χ1) is 16.4. The van der Waals surface area contributed by atoms with Gasteiger partial charge >= 0.3 is 0 Å². The van der Waals surface area contributed by atoms with Crippen molar-refractivity contribution in [2.24, 2.45) is 5.41 Å². The van der Waals surface area contributed by atoms with Gasteiger partial charge in [0.15, 0.2) is 0 Å². The van der Waals surface area contributed by atoms with Crippen LogP contribution in [0, 0.1) is 5.41 Å². The van der Waals surface area contributed by atoms with Gasteiger partial charge in [-0.15, -0.1) is 0 Å². The summed E-state index contributed by atoms with van der Waals surface area (Å²) in [5.74, 6) is -0.00718. The molecule has 34 heavy (non-hydrogen) atoms. The number of nitrogens with zero attached hydrogens (tertiary/aromatic N) is 3. The number of fused-ring (bicyclic) bond motifs is 1. The molecule has 6 rings (SSSR count). The maximum atomic E-state index is 13.5. The summed E-state index contributed by atoms with van der Waals surface area (Å²) < 4.78 is 5.38. The van der Waals surface area contributed by atoms with Crippen LogP contribution < -0.4 is 4.90 Å². The van der Waals surface area contributed by atoms with Gasteiger partial charge < -0.3 is 19.6 Å². The topological polar surface area (TPSA) is 56.2 Å². The number of hydrogen-bond donors (Lipinski definition) is 1. The molecule has 0 bridgehead atoms. The lowest BCUT2D eigenvalue weighted by molar-refractivity contribution is -0.127. The standard InChI is InChI=1S/C26H29Cl2N3O3/c27-19-6-4-18(5-7-19)26(33)9-8-20-12-29(10-11-30(20)15-26)24(32)21-2-1-3-22(23(21)28)31-13-25(14-31)16-34-17-25/h1-7,20,33H,8-17H2/t20?,26-/m0/s1. The molecule has 6 nitrogen and oxygen atoms in total. The van der Waals surface area contributed by atoms with Crippen molar-refractivity contribution in [3.8, 4) is 0 Å². The Kier molecular flexibility index (Phi) is 5.58. The Labute approximate surface area is 210 Å². The first-order valence-electron chi connectivity index (χ1n) is 12.0. The second kappa shape index (κ2) is 8.38. The number of amides is 1. The van der Waals surface area contributed by atoms with Crippen molar-refractivity contribution in [3.05, 3.63) is 63.6 Å². The van der Waals surface area contributed by atoms with Gasteiger partial charge in [0.1, 0.15) is 5.60 Å². The van der Waals surface area contributed by atoms with Crippen LogP contribution in [0.25, 0.3) is 0 Å². The molecule has 8 heteroatoms. The van der Waals surface area contributed by atoms with E-state index in [0.29, 0.717) is 41.7 Å². The minimum atomic E-state index is -0.884. The van der Waals surface area contributed by atoms with E-state index in [1.807, 2.05) is 47.4 Å². The Hall–Kier alpha value is -1.83. The summed E-state index contributed by atoms with van der Waals surface area (Å²) in [6, 6.07) is 13.5. The Morgan fingerprint density at radius 3 is 2.50 bits per heavy atom. The largest absolute Gasteiger partial charge is 0.384 e. The molecule has 2 atom stereocenters. The summed E-state index contributed by atoms with van der Waals surface area (Å²) in [4.78, 5) is 20.0. The van der Waals surface area contributed by atoms with Crippen molar-refractivity contribution in [1.29, 1.82) is 0 Å². The zero-order valence-corrected chi connectivity index (χ0v) is 20.6. The molecule has 1 amide bonds. The fraction of sp³-hybridized carbons (Fsp3) is 0.500. The zero-order valence-electron chi connectivity index (χ0n) is 19.1. The maximum absolute atomic E-state index is 13.5. The minimum absolute atomic E-state index is 0.00718. The summed E-state index contributed by atoms with van der Waals surface area (Å²) in [6.45, 7) is 6.08. The van der Waals surface area contributed by atoms with E-state index in [0.717, 1.165) is 50.5 Å². The van der Waals surface area contributed by atoms with Crippen LogP contribution in [0.15, 0.2) is 42.5 Å². The highest BCUT2D eigenvalue weighted by atomic mass is 35.5. The average molecular weight is 502 g/mol. The van der Waals surface area contributed by atoms with E-state index in [-0.39, 0.29) is 17.4 Å². The Bertz CT molecular complexity index is 1100. The Morgan fingerprint density at radius 2 is 1.79 bits per heavy atom. The maximum Gasteiger partial charge on any atom is 0.255 e. The van der Waals surface area contributed by atoms with Gasteiger partial charge in [-0.2, -0.15) is 0 Å². The fourth-order valence-electron chi connectivity index (χ4n) is 5.98. The van der Waals surface area contributed by atoms with E-state index in [2.05, 4.69) is 9.80 Å². The summed E-state index contributed by atoms with van der Waals surface area (Å²) in [7, 11) is 0. The van der Waals surface area contributed by atoms with E-state index < -0.39 is 5.60 Å². The van der Waals surface area contributed by atoms with Crippen molar-refractivity contribution in [2.75, 3.05) is 57.4 Å². The van der Waals surface area contributed by atoms with Gasteiger partial charge in [0, 0.05) is 50.3 Å². The van der Waals surface area contributed by atoms with Crippen LogP contribution in [0.2, 0.25) is 10.0 Å². The molecule has 4 heterocycles. The third kappa shape index (κ3) is 3.80. The first-order valence-corrected chi connectivity index (χ1v) is 12.7. The molecule has 0 aromatic heterocycles. The third-order valence-corrected chi connectivity index (χ3v) is 8.70. The normalized spacial score (nSPS) is 28.3. The number of piperazine rings is 1. The predicted molar refractivity (Wildman–Crippen MR) is 133 cm³/mol. The predicted octanol–water partition coefficient (Wildman–Crippen LogP) is 3.64. The number of aliphatic hydroxyl groups is 1. The molecular formula is C26H29Cl2N3O3. The summed E-state index contributed by atoms with van der Waals surface area (Å²) in [5.41, 5.74) is 1.82. The van der Waals surface area contributed by atoms with E-state index in [1.165, 1.54) is 0 Å². The van der Waals surface area contributed by atoms with Crippen LogP contribution in [-0.2, 0) is 10.3 Å². The number of hydrogen-bond acceptors (Lipinski definition) is 5. The van der Waals surface area contributed by atoms with E-state index in [9.17, 15) is 9.90 Å². The molecular weight excluding hydrogens is 473 g/mol.